The molecule has 0 fully saturated rings. The number of hydrogen-bond acceptors (Lipinski definition) is 2. The second-order valence-electron chi connectivity index (χ2n) is 3.73. The molecular weight excluding hydrogens is 191 g/mol. The molecule has 3 heteroatoms. The molecule has 1 rings (SSSR count). The molecule has 0 spiro atoms. The van der Waals surface area contributed by atoms with E-state index in [2.05, 4.69) is 12.2 Å². The van der Waals surface area contributed by atoms with Crippen molar-refractivity contribution in [3.05, 3.63) is 30.1 Å². The zero-order valence-corrected chi connectivity index (χ0v) is 9.17. The van der Waals surface area contributed by atoms with Crippen molar-refractivity contribution in [1.82, 2.24) is 0 Å². The van der Waals surface area contributed by atoms with E-state index >= 15 is 0 Å². The molecule has 1 aromatic rings. The Balaban J connectivity index is 2.47. The Morgan fingerprint density at radius 1 is 1.33 bits per heavy atom. The Morgan fingerprint density at radius 2 is 2.00 bits per heavy atom. The van der Waals surface area contributed by atoms with Crippen molar-refractivity contribution in [2.24, 2.45) is 5.73 Å². The van der Waals surface area contributed by atoms with Crippen LogP contribution in [0.5, 0.6) is 0 Å². The van der Waals surface area contributed by atoms with Crippen LogP contribution in [0.1, 0.15) is 26.2 Å². The molecule has 0 saturated heterocycles. The molecule has 0 heterocycles. The predicted molar refractivity (Wildman–Crippen MR) is 62.4 cm³/mol. The molecule has 1 aromatic carbocycles. The van der Waals surface area contributed by atoms with Gasteiger partial charge in [-0.15, -0.1) is 0 Å². The van der Waals surface area contributed by atoms with Crippen LogP contribution in [0.15, 0.2) is 24.3 Å². The Morgan fingerprint density at radius 3 is 2.53 bits per heavy atom. The van der Waals surface area contributed by atoms with Crippen LogP contribution in [0.25, 0.3) is 0 Å². The third-order valence-electron chi connectivity index (χ3n) is 2.41. The number of nitrogens with two attached hydrogens (primary N) is 1. The fraction of sp³-hybridized carbons (Fsp3) is 0.500. The lowest BCUT2D eigenvalue weighted by molar-refractivity contribution is 0.612. The van der Waals surface area contributed by atoms with E-state index in [1.807, 2.05) is 0 Å². The second-order valence-corrected chi connectivity index (χ2v) is 3.73. The minimum absolute atomic E-state index is 0.210. The first kappa shape index (κ1) is 12.0. The van der Waals surface area contributed by atoms with Crippen LogP contribution in [0, 0.1) is 5.82 Å². The van der Waals surface area contributed by atoms with E-state index in [0.717, 1.165) is 18.5 Å². The molecular formula is C12H19FN2. The number of halogens is 1. The first-order valence-electron chi connectivity index (χ1n) is 5.48. The van der Waals surface area contributed by atoms with E-state index in [0.29, 0.717) is 6.54 Å². The van der Waals surface area contributed by atoms with Gasteiger partial charge < -0.3 is 11.1 Å². The van der Waals surface area contributed by atoms with Gasteiger partial charge in [0.2, 0.25) is 0 Å². The van der Waals surface area contributed by atoms with Crippen LogP contribution in [0.2, 0.25) is 0 Å². The summed E-state index contributed by atoms with van der Waals surface area (Å²) in [6, 6.07) is 6.68. The maximum Gasteiger partial charge on any atom is 0.123 e. The van der Waals surface area contributed by atoms with Crippen LogP contribution < -0.4 is 11.1 Å². The maximum absolute atomic E-state index is 12.7. The van der Waals surface area contributed by atoms with Gasteiger partial charge in [0.15, 0.2) is 0 Å². The fourth-order valence-electron chi connectivity index (χ4n) is 1.48. The molecule has 1 unspecified atom stereocenters. The van der Waals surface area contributed by atoms with Crippen LogP contribution in [-0.4, -0.2) is 12.6 Å². The molecule has 0 aliphatic carbocycles. The van der Waals surface area contributed by atoms with Gasteiger partial charge in [0.05, 0.1) is 0 Å². The molecule has 0 aromatic heterocycles. The van der Waals surface area contributed by atoms with Gasteiger partial charge in [-0.2, -0.15) is 0 Å². The first-order valence-corrected chi connectivity index (χ1v) is 5.48. The highest BCUT2D eigenvalue weighted by Gasteiger charge is 2.05. The van der Waals surface area contributed by atoms with Gasteiger partial charge in [-0.3, -0.25) is 0 Å². The van der Waals surface area contributed by atoms with E-state index in [9.17, 15) is 4.39 Å². The highest BCUT2D eigenvalue weighted by atomic mass is 19.1. The molecule has 0 radical (unpaired) electrons. The standard InChI is InChI=1S/C12H19FN2/c1-2-3-4-12(9-14)15-11-7-5-10(13)6-8-11/h5-8,12,15H,2-4,9,14H2,1H3. The summed E-state index contributed by atoms with van der Waals surface area (Å²) < 4.78 is 12.7. The monoisotopic (exact) mass is 210 g/mol. The van der Waals surface area contributed by atoms with Crippen LogP contribution in [-0.2, 0) is 0 Å². The Kier molecular flexibility index (Phi) is 5.12. The highest BCUT2D eigenvalue weighted by Crippen LogP contribution is 2.11. The smallest absolute Gasteiger partial charge is 0.123 e. The number of anilines is 1. The van der Waals surface area contributed by atoms with E-state index in [1.165, 1.54) is 18.6 Å². The van der Waals surface area contributed by atoms with Gasteiger partial charge in [-0.25, -0.2) is 4.39 Å². The van der Waals surface area contributed by atoms with Crippen LogP contribution in [0.4, 0.5) is 10.1 Å². The number of unbranched alkanes of at least 4 members (excludes halogenated alkanes) is 1. The number of rotatable bonds is 6. The largest absolute Gasteiger partial charge is 0.381 e. The molecule has 0 aliphatic rings. The minimum Gasteiger partial charge on any atom is -0.381 e. The number of benzene rings is 1. The molecule has 84 valence electrons. The molecule has 0 bridgehead atoms. The fourth-order valence-corrected chi connectivity index (χ4v) is 1.48. The molecule has 0 aliphatic heterocycles. The average Bonchev–Trinajstić information content (AvgIpc) is 2.27. The lowest BCUT2D eigenvalue weighted by atomic mass is 10.1. The minimum atomic E-state index is -0.210. The molecule has 0 amide bonds. The summed E-state index contributed by atoms with van der Waals surface area (Å²) in [5.41, 5.74) is 6.59. The van der Waals surface area contributed by atoms with E-state index in [-0.39, 0.29) is 11.9 Å². The van der Waals surface area contributed by atoms with Crippen molar-refractivity contribution < 1.29 is 4.39 Å². The highest BCUT2D eigenvalue weighted by molar-refractivity contribution is 5.43. The van der Waals surface area contributed by atoms with Crippen molar-refractivity contribution >= 4 is 5.69 Å². The Bertz CT molecular complexity index is 271. The summed E-state index contributed by atoms with van der Waals surface area (Å²) in [4.78, 5) is 0. The van der Waals surface area contributed by atoms with Crippen molar-refractivity contribution in [3.63, 3.8) is 0 Å². The predicted octanol–water partition coefficient (Wildman–Crippen LogP) is 2.76. The molecule has 2 nitrogen and oxygen atoms in total. The van der Waals surface area contributed by atoms with Gasteiger partial charge in [-0.1, -0.05) is 19.8 Å². The maximum atomic E-state index is 12.7. The van der Waals surface area contributed by atoms with Crippen molar-refractivity contribution in [2.75, 3.05) is 11.9 Å². The van der Waals surface area contributed by atoms with Crippen molar-refractivity contribution in [2.45, 2.75) is 32.2 Å². The lowest BCUT2D eigenvalue weighted by Gasteiger charge is -2.17. The van der Waals surface area contributed by atoms with Gasteiger partial charge in [0.1, 0.15) is 5.82 Å². The number of hydrogen-bond donors (Lipinski definition) is 2. The summed E-state index contributed by atoms with van der Waals surface area (Å²) in [7, 11) is 0. The van der Waals surface area contributed by atoms with Crippen molar-refractivity contribution in [1.29, 1.82) is 0 Å². The summed E-state index contributed by atoms with van der Waals surface area (Å²) in [6.45, 7) is 2.77. The van der Waals surface area contributed by atoms with Gasteiger partial charge in [-0.05, 0) is 30.7 Å². The van der Waals surface area contributed by atoms with Crippen LogP contribution >= 0.6 is 0 Å². The topological polar surface area (TPSA) is 38.0 Å². The van der Waals surface area contributed by atoms with Crippen molar-refractivity contribution in [3.8, 4) is 0 Å². The third-order valence-corrected chi connectivity index (χ3v) is 2.41. The van der Waals surface area contributed by atoms with E-state index < -0.39 is 0 Å². The molecule has 1 atom stereocenters. The molecule has 3 N–H and O–H groups in total. The van der Waals surface area contributed by atoms with E-state index in [1.54, 1.807) is 12.1 Å². The average molecular weight is 210 g/mol. The van der Waals surface area contributed by atoms with Crippen LogP contribution in [0.3, 0.4) is 0 Å². The first-order chi connectivity index (χ1) is 7.26. The third kappa shape index (κ3) is 4.30. The molecule has 15 heavy (non-hydrogen) atoms. The van der Waals surface area contributed by atoms with Gasteiger partial charge >= 0.3 is 0 Å². The normalized spacial score (nSPS) is 12.5. The zero-order chi connectivity index (χ0) is 11.1. The quantitative estimate of drug-likeness (QED) is 0.757. The van der Waals surface area contributed by atoms with E-state index in [4.69, 9.17) is 5.73 Å². The summed E-state index contributed by atoms with van der Waals surface area (Å²) in [5.74, 6) is -0.210. The second kappa shape index (κ2) is 6.40. The SMILES string of the molecule is CCCCC(CN)Nc1ccc(F)cc1. The van der Waals surface area contributed by atoms with Gasteiger partial charge in [0, 0.05) is 18.3 Å². The summed E-state index contributed by atoms with van der Waals surface area (Å²) in [5, 5.41) is 3.30. The Hall–Kier alpha value is -1.09. The molecule has 0 saturated carbocycles. The lowest BCUT2D eigenvalue weighted by Crippen LogP contribution is -2.28. The number of nitrogens with one attached hydrogen (secondary N) is 1. The summed E-state index contributed by atoms with van der Waals surface area (Å²) >= 11 is 0. The van der Waals surface area contributed by atoms with Gasteiger partial charge in [0.25, 0.3) is 0 Å². The zero-order valence-electron chi connectivity index (χ0n) is 9.17. The Labute approximate surface area is 90.7 Å². The summed E-state index contributed by atoms with van der Waals surface area (Å²) in [6.07, 6.45) is 3.39.